The Morgan fingerprint density at radius 3 is 2.62 bits per heavy atom. The standard InChI is InChI=1S/C18H16INO4/c1-23-18(22)13-2-7-16-12(10-13)8-9-20(16)17(21)11-24-15-5-3-14(19)4-6-15/h2-7,10H,8-9,11H2,1H3. The monoisotopic (exact) mass is 437 g/mol. The van der Waals surface area contributed by atoms with Gasteiger partial charge in [0, 0.05) is 15.8 Å². The second-order valence-corrected chi connectivity index (χ2v) is 6.62. The van der Waals surface area contributed by atoms with Crippen LogP contribution >= 0.6 is 22.6 Å². The topological polar surface area (TPSA) is 55.8 Å². The van der Waals surface area contributed by atoms with Crippen LogP contribution in [-0.4, -0.2) is 32.1 Å². The van der Waals surface area contributed by atoms with Gasteiger partial charge in [-0.05, 0) is 77.0 Å². The number of benzene rings is 2. The van der Waals surface area contributed by atoms with Crippen LogP contribution in [0.25, 0.3) is 0 Å². The van der Waals surface area contributed by atoms with Crippen LogP contribution < -0.4 is 9.64 Å². The summed E-state index contributed by atoms with van der Waals surface area (Å²) in [7, 11) is 1.35. The van der Waals surface area contributed by atoms with Gasteiger partial charge >= 0.3 is 5.97 Å². The number of hydrogen-bond acceptors (Lipinski definition) is 4. The molecule has 0 aromatic heterocycles. The molecule has 0 N–H and O–H groups in total. The van der Waals surface area contributed by atoms with Gasteiger partial charge in [-0.1, -0.05) is 0 Å². The highest BCUT2D eigenvalue weighted by Crippen LogP contribution is 2.29. The summed E-state index contributed by atoms with van der Waals surface area (Å²) in [6.07, 6.45) is 0.718. The first-order valence-electron chi connectivity index (χ1n) is 7.48. The Morgan fingerprint density at radius 2 is 1.92 bits per heavy atom. The van der Waals surface area contributed by atoms with Gasteiger partial charge in [0.2, 0.25) is 0 Å². The Balaban J connectivity index is 1.68. The van der Waals surface area contributed by atoms with Crippen molar-refractivity contribution < 1.29 is 19.1 Å². The minimum Gasteiger partial charge on any atom is -0.484 e. The van der Waals surface area contributed by atoms with Crippen molar-refractivity contribution in [2.75, 3.05) is 25.2 Å². The summed E-state index contributed by atoms with van der Waals surface area (Å²) in [4.78, 5) is 25.7. The summed E-state index contributed by atoms with van der Waals surface area (Å²) in [6, 6.07) is 12.8. The van der Waals surface area contributed by atoms with E-state index in [9.17, 15) is 9.59 Å². The van der Waals surface area contributed by atoms with Crippen molar-refractivity contribution in [3.8, 4) is 5.75 Å². The van der Waals surface area contributed by atoms with Crippen LogP contribution in [-0.2, 0) is 16.0 Å². The fraction of sp³-hybridized carbons (Fsp3) is 0.222. The molecule has 0 saturated heterocycles. The number of esters is 1. The number of methoxy groups -OCH3 is 1. The van der Waals surface area contributed by atoms with E-state index in [0.717, 1.165) is 21.2 Å². The number of nitrogens with zero attached hydrogens (tertiary/aromatic N) is 1. The maximum absolute atomic E-state index is 12.4. The summed E-state index contributed by atoms with van der Waals surface area (Å²) in [5.41, 5.74) is 2.31. The van der Waals surface area contributed by atoms with Gasteiger partial charge in [0.05, 0.1) is 12.7 Å². The van der Waals surface area contributed by atoms with Crippen molar-refractivity contribution in [2.45, 2.75) is 6.42 Å². The van der Waals surface area contributed by atoms with Crippen molar-refractivity contribution in [1.29, 1.82) is 0 Å². The van der Waals surface area contributed by atoms with Crippen LogP contribution in [0.4, 0.5) is 5.69 Å². The lowest BCUT2D eigenvalue weighted by Crippen LogP contribution is -2.33. The molecule has 0 unspecified atom stereocenters. The third kappa shape index (κ3) is 3.53. The molecule has 0 aliphatic carbocycles. The molecule has 0 atom stereocenters. The first-order valence-corrected chi connectivity index (χ1v) is 8.56. The van der Waals surface area contributed by atoms with E-state index >= 15 is 0 Å². The average molecular weight is 437 g/mol. The van der Waals surface area contributed by atoms with Gasteiger partial charge in [0.25, 0.3) is 5.91 Å². The molecule has 0 bridgehead atoms. The number of carbonyl (C=O) groups excluding carboxylic acids is 2. The summed E-state index contributed by atoms with van der Waals surface area (Å²) in [6.45, 7) is 0.577. The molecule has 6 heteroatoms. The van der Waals surface area contributed by atoms with Crippen LogP contribution in [0.2, 0.25) is 0 Å². The summed E-state index contributed by atoms with van der Waals surface area (Å²) in [5, 5.41) is 0. The van der Waals surface area contributed by atoms with Crippen molar-refractivity contribution in [1.82, 2.24) is 0 Å². The highest BCUT2D eigenvalue weighted by atomic mass is 127. The second kappa shape index (κ2) is 7.21. The molecule has 5 nitrogen and oxygen atoms in total. The molecule has 1 heterocycles. The highest BCUT2D eigenvalue weighted by Gasteiger charge is 2.25. The largest absolute Gasteiger partial charge is 0.484 e. The molecule has 2 aromatic carbocycles. The Morgan fingerprint density at radius 1 is 1.17 bits per heavy atom. The van der Waals surface area contributed by atoms with Gasteiger partial charge in [-0.15, -0.1) is 0 Å². The Kier molecular flexibility index (Phi) is 5.03. The number of carbonyl (C=O) groups is 2. The lowest BCUT2D eigenvalue weighted by molar-refractivity contribution is -0.120. The van der Waals surface area contributed by atoms with E-state index in [1.165, 1.54) is 7.11 Å². The van der Waals surface area contributed by atoms with Crippen LogP contribution in [0.15, 0.2) is 42.5 Å². The molecular weight excluding hydrogens is 421 g/mol. The van der Waals surface area contributed by atoms with Crippen LogP contribution in [0.1, 0.15) is 15.9 Å². The summed E-state index contributed by atoms with van der Waals surface area (Å²) in [5.74, 6) is 0.201. The number of anilines is 1. The van der Waals surface area contributed by atoms with E-state index in [-0.39, 0.29) is 18.5 Å². The molecular formula is C18H16INO4. The number of hydrogen-bond donors (Lipinski definition) is 0. The summed E-state index contributed by atoms with van der Waals surface area (Å²) >= 11 is 2.22. The zero-order valence-electron chi connectivity index (χ0n) is 13.1. The molecule has 24 heavy (non-hydrogen) atoms. The molecule has 3 rings (SSSR count). The highest BCUT2D eigenvalue weighted by molar-refractivity contribution is 14.1. The Labute approximate surface area is 153 Å². The van der Waals surface area contributed by atoms with Gasteiger partial charge in [-0.25, -0.2) is 4.79 Å². The third-order valence-corrected chi connectivity index (χ3v) is 4.59. The Bertz CT molecular complexity index is 773. The van der Waals surface area contributed by atoms with Crippen LogP contribution in [0.5, 0.6) is 5.75 Å². The number of ether oxygens (including phenoxy) is 2. The predicted octanol–water partition coefficient (Wildman–Crippen LogP) is 3.05. The van der Waals surface area contributed by atoms with Gasteiger partial charge in [0.1, 0.15) is 5.75 Å². The van der Waals surface area contributed by atoms with E-state index in [1.807, 2.05) is 24.3 Å². The SMILES string of the molecule is COC(=O)c1ccc2c(c1)CCN2C(=O)COc1ccc(I)cc1. The molecule has 2 aromatic rings. The van der Waals surface area contributed by atoms with E-state index in [0.29, 0.717) is 17.9 Å². The predicted molar refractivity (Wildman–Crippen MR) is 98.5 cm³/mol. The number of amides is 1. The Hall–Kier alpha value is -2.09. The van der Waals surface area contributed by atoms with E-state index < -0.39 is 0 Å². The third-order valence-electron chi connectivity index (χ3n) is 3.87. The quantitative estimate of drug-likeness (QED) is 0.545. The molecule has 0 radical (unpaired) electrons. The van der Waals surface area contributed by atoms with Crippen LogP contribution in [0, 0.1) is 3.57 Å². The number of fused-ring (bicyclic) bond motifs is 1. The van der Waals surface area contributed by atoms with Crippen molar-refractivity contribution >= 4 is 40.2 Å². The van der Waals surface area contributed by atoms with Gasteiger partial charge in [-0.2, -0.15) is 0 Å². The number of halogens is 1. The zero-order chi connectivity index (χ0) is 17.1. The molecule has 1 aliphatic rings. The zero-order valence-corrected chi connectivity index (χ0v) is 15.3. The molecule has 1 aliphatic heterocycles. The minimum atomic E-state index is -0.371. The maximum Gasteiger partial charge on any atom is 0.337 e. The molecule has 1 amide bonds. The fourth-order valence-corrected chi connectivity index (χ4v) is 3.02. The van der Waals surface area contributed by atoms with E-state index in [1.54, 1.807) is 23.1 Å². The fourth-order valence-electron chi connectivity index (χ4n) is 2.66. The maximum atomic E-state index is 12.4. The van der Waals surface area contributed by atoms with E-state index in [2.05, 4.69) is 22.6 Å². The van der Waals surface area contributed by atoms with Gasteiger partial charge < -0.3 is 14.4 Å². The van der Waals surface area contributed by atoms with Gasteiger partial charge in [0.15, 0.2) is 6.61 Å². The average Bonchev–Trinajstić information content (AvgIpc) is 3.03. The van der Waals surface area contributed by atoms with E-state index in [4.69, 9.17) is 9.47 Å². The minimum absolute atomic E-state index is 0.0151. The van der Waals surface area contributed by atoms with Crippen LogP contribution in [0.3, 0.4) is 0 Å². The first-order chi connectivity index (χ1) is 11.6. The van der Waals surface area contributed by atoms with Crippen molar-refractivity contribution in [3.63, 3.8) is 0 Å². The lowest BCUT2D eigenvalue weighted by Gasteiger charge is -2.18. The normalized spacial score (nSPS) is 12.7. The second-order valence-electron chi connectivity index (χ2n) is 5.37. The lowest BCUT2D eigenvalue weighted by atomic mass is 10.1. The molecule has 0 fully saturated rings. The first kappa shape index (κ1) is 16.8. The van der Waals surface area contributed by atoms with Crippen molar-refractivity contribution in [3.05, 3.63) is 57.2 Å². The number of rotatable bonds is 4. The summed E-state index contributed by atoms with van der Waals surface area (Å²) < 4.78 is 11.4. The smallest absolute Gasteiger partial charge is 0.337 e. The molecule has 124 valence electrons. The van der Waals surface area contributed by atoms with Crippen molar-refractivity contribution in [2.24, 2.45) is 0 Å². The molecule has 0 spiro atoms. The van der Waals surface area contributed by atoms with Gasteiger partial charge in [-0.3, -0.25) is 4.79 Å². The molecule has 0 saturated carbocycles.